The lowest BCUT2D eigenvalue weighted by molar-refractivity contribution is 0.150. The van der Waals surface area contributed by atoms with Crippen molar-refractivity contribution in [1.82, 2.24) is 15.1 Å². The van der Waals surface area contributed by atoms with Gasteiger partial charge in [0.15, 0.2) is 11.0 Å². The van der Waals surface area contributed by atoms with Gasteiger partial charge in [0, 0.05) is 17.3 Å². The van der Waals surface area contributed by atoms with Crippen molar-refractivity contribution in [1.29, 1.82) is 0 Å². The molecule has 0 saturated carbocycles. The smallest absolute Gasteiger partial charge is 0.159 e. The summed E-state index contributed by atoms with van der Waals surface area (Å²) < 4.78 is 0. The van der Waals surface area contributed by atoms with Gasteiger partial charge in [0.1, 0.15) is 0 Å². The lowest BCUT2D eigenvalue weighted by atomic mass is 9.80. The highest BCUT2D eigenvalue weighted by atomic mass is 35.5. The van der Waals surface area contributed by atoms with Crippen molar-refractivity contribution in [2.75, 3.05) is 32.0 Å². The molecule has 4 nitrogen and oxygen atoms in total. The molecule has 0 atom stereocenters. The Balaban J connectivity index is 1.78. The minimum absolute atomic E-state index is 0.314. The van der Waals surface area contributed by atoms with Crippen molar-refractivity contribution in [2.45, 2.75) is 19.8 Å². The summed E-state index contributed by atoms with van der Waals surface area (Å²) in [6.07, 6.45) is 2.41. The zero-order valence-corrected chi connectivity index (χ0v) is 13.3. The van der Waals surface area contributed by atoms with Crippen LogP contribution in [0, 0.1) is 5.41 Å². The third-order valence-corrected chi connectivity index (χ3v) is 4.80. The van der Waals surface area contributed by atoms with Crippen LogP contribution in [-0.4, -0.2) is 41.8 Å². The highest BCUT2D eigenvalue weighted by Crippen LogP contribution is 2.32. The average Bonchev–Trinajstić information content (AvgIpc) is 2.50. The highest BCUT2D eigenvalue weighted by Gasteiger charge is 2.28. The molecular formula is C16H21ClN4. The van der Waals surface area contributed by atoms with Gasteiger partial charge in [-0.25, -0.2) is 0 Å². The van der Waals surface area contributed by atoms with E-state index in [9.17, 15) is 0 Å². The molecule has 2 heterocycles. The number of likely N-dealkylation sites (tertiary alicyclic amines) is 1. The first-order chi connectivity index (χ1) is 10.1. The number of benzene rings is 1. The fourth-order valence-electron chi connectivity index (χ4n) is 2.83. The van der Waals surface area contributed by atoms with Crippen LogP contribution in [0.25, 0.3) is 10.8 Å². The van der Waals surface area contributed by atoms with E-state index >= 15 is 0 Å². The Kier molecular flexibility index (Phi) is 4.00. The van der Waals surface area contributed by atoms with Gasteiger partial charge in [-0.15, -0.1) is 10.2 Å². The van der Waals surface area contributed by atoms with E-state index in [1.54, 1.807) is 0 Å². The molecule has 1 aromatic carbocycles. The van der Waals surface area contributed by atoms with Crippen LogP contribution in [-0.2, 0) is 0 Å². The van der Waals surface area contributed by atoms with Crippen molar-refractivity contribution in [2.24, 2.45) is 5.41 Å². The molecular weight excluding hydrogens is 284 g/mol. The number of nitrogens with zero attached hydrogens (tertiary/aromatic N) is 3. The van der Waals surface area contributed by atoms with Crippen molar-refractivity contribution in [3.63, 3.8) is 0 Å². The molecule has 1 aromatic heterocycles. The Labute approximate surface area is 130 Å². The molecule has 0 unspecified atom stereocenters. The number of anilines is 1. The molecule has 2 aromatic rings. The van der Waals surface area contributed by atoms with Gasteiger partial charge in [-0.2, -0.15) is 0 Å². The molecule has 1 aliphatic rings. The number of rotatable bonds is 3. The molecule has 1 N–H and O–H groups in total. The molecule has 1 fully saturated rings. The predicted octanol–water partition coefficient (Wildman–Crippen LogP) is 3.43. The third kappa shape index (κ3) is 3.11. The van der Waals surface area contributed by atoms with Gasteiger partial charge < -0.3 is 10.2 Å². The first-order valence-electron chi connectivity index (χ1n) is 7.41. The van der Waals surface area contributed by atoms with E-state index in [2.05, 4.69) is 34.4 Å². The number of piperidine rings is 1. The monoisotopic (exact) mass is 304 g/mol. The zero-order chi connectivity index (χ0) is 14.9. The van der Waals surface area contributed by atoms with Gasteiger partial charge in [0.05, 0.1) is 0 Å². The van der Waals surface area contributed by atoms with Crippen LogP contribution < -0.4 is 5.32 Å². The second-order valence-electron chi connectivity index (χ2n) is 6.35. The van der Waals surface area contributed by atoms with Crippen molar-refractivity contribution in [3.05, 3.63) is 29.4 Å². The van der Waals surface area contributed by atoms with Crippen molar-refractivity contribution in [3.8, 4) is 0 Å². The van der Waals surface area contributed by atoms with Crippen LogP contribution in [0.5, 0.6) is 0 Å². The Morgan fingerprint density at radius 3 is 2.57 bits per heavy atom. The third-order valence-electron chi connectivity index (χ3n) is 4.52. The SMILES string of the molecule is CN1CCC(C)(CNc2nnc(Cl)c3ccccc23)CC1. The maximum atomic E-state index is 6.11. The quantitative estimate of drug-likeness (QED) is 0.943. The van der Waals surface area contributed by atoms with Gasteiger partial charge in [-0.05, 0) is 38.4 Å². The molecule has 0 aliphatic carbocycles. The molecule has 0 spiro atoms. The van der Waals surface area contributed by atoms with E-state index in [1.165, 1.54) is 12.8 Å². The molecule has 1 aliphatic heterocycles. The first-order valence-corrected chi connectivity index (χ1v) is 7.79. The molecule has 112 valence electrons. The predicted molar refractivity (Wildman–Crippen MR) is 87.9 cm³/mol. The largest absolute Gasteiger partial charge is 0.368 e. The van der Waals surface area contributed by atoms with Crippen LogP contribution in [0.15, 0.2) is 24.3 Å². The van der Waals surface area contributed by atoms with Gasteiger partial charge in [-0.1, -0.05) is 42.8 Å². The zero-order valence-electron chi connectivity index (χ0n) is 12.6. The summed E-state index contributed by atoms with van der Waals surface area (Å²) in [6.45, 7) is 5.58. The maximum absolute atomic E-state index is 6.11. The van der Waals surface area contributed by atoms with Gasteiger partial charge in [0.25, 0.3) is 0 Å². The molecule has 0 bridgehead atoms. The number of nitrogens with one attached hydrogen (secondary N) is 1. The van der Waals surface area contributed by atoms with E-state index in [1.807, 2.05) is 24.3 Å². The first kappa shape index (κ1) is 14.5. The Bertz CT molecular complexity index is 635. The summed E-state index contributed by atoms with van der Waals surface area (Å²) in [6, 6.07) is 7.99. The van der Waals surface area contributed by atoms with E-state index in [-0.39, 0.29) is 0 Å². The number of halogens is 1. The van der Waals surface area contributed by atoms with Crippen molar-refractivity contribution < 1.29 is 0 Å². The normalized spacial score (nSPS) is 18.8. The lowest BCUT2D eigenvalue weighted by Crippen LogP contribution is -2.40. The summed E-state index contributed by atoms with van der Waals surface area (Å²) >= 11 is 6.11. The van der Waals surface area contributed by atoms with Crippen LogP contribution in [0.2, 0.25) is 5.15 Å². The van der Waals surface area contributed by atoms with Crippen LogP contribution in [0.1, 0.15) is 19.8 Å². The summed E-state index contributed by atoms with van der Waals surface area (Å²) in [5.41, 5.74) is 0.314. The fourth-order valence-corrected chi connectivity index (χ4v) is 3.04. The second-order valence-corrected chi connectivity index (χ2v) is 6.71. The average molecular weight is 305 g/mol. The fraction of sp³-hybridized carbons (Fsp3) is 0.500. The number of hydrogen-bond donors (Lipinski definition) is 1. The minimum atomic E-state index is 0.314. The lowest BCUT2D eigenvalue weighted by Gasteiger charge is -2.38. The van der Waals surface area contributed by atoms with Gasteiger partial charge in [0.2, 0.25) is 0 Å². The standard InChI is InChI=1S/C16H21ClN4/c1-16(7-9-21(2)10-8-16)11-18-15-13-6-4-3-5-12(13)14(17)19-20-15/h3-6H,7-11H2,1-2H3,(H,18,20). The summed E-state index contributed by atoms with van der Waals surface area (Å²) in [4.78, 5) is 2.39. The highest BCUT2D eigenvalue weighted by molar-refractivity contribution is 6.34. The Hall–Kier alpha value is -1.39. The van der Waals surface area contributed by atoms with Gasteiger partial charge >= 0.3 is 0 Å². The number of hydrogen-bond acceptors (Lipinski definition) is 4. The van der Waals surface area contributed by atoms with Gasteiger partial charge in [-0.3, -0.25) is 0 Å². The Morgan fingerprint density at radius 2 is 1.86 bits per heavy atom. The molecule has 3 rings (SSSR count). The van der Waals surface area contributed by atoms with E-state index < -0.39 is 0 Å². The molecule has 1 saturated heterocycles. The second kappa shape index (κ2) is 5.78. The summed E-state index contributed by atoms with van der Waals surface area (Å²) in [5, 5.41) is 14.2. The summed E-state index contributed by atoms with van der Waals surface area (Å²) in [7, 11) is 2.19. The van der Waals surface area contributed by atoms with Crippen LogP contribution in [0.4, 0.5) is 5.82 Å². The van der Waals surface area contributed by atoms with E-state index in [4.69, 9.17) is 11.6 Å². The molecule has 21 heavy (non-hydrogen) atoms. The van der Waals surface area contributed by atoms with E-state index in [0.29, 0.717) is 10.6 Å². The molecule has 0 radical (unpaired) electrons. The topological polar surface area (TPSA) is 41.0 Å². The molecule has 5 heteroatoms. The van der Waals surface area contributed by atoms with Crippen molar-refractivity contribution >= 4 is 28.2 Å². The van der Waals surface area contributed by atoms with Crippen LogP contribution >= 0.6 is 11.6 Å². The Morgan fingerprint density at radius 1 is 1.19 bits per heavy atom. The number of aromatic nitrogens is 2. The van der Waals surface area contributed by atoms with Crippen LogP contribution in [0.3, 0.4) is 0 Å². The minimum Gasteiger partial charge on any atom is -0.368 e. The maximum Gasteiger partial charge on any atom is 0.159 e. The number of fused-ring (bicyclic) bond motifs is 1. The summed E-state index contributed by atoms with van der Waals surface area (Å²) in [5.74, 6) is 0.829. The molecule has 0 amide bonds. The van der Waals surface area contributed by atoms with E-state index in [0.717, 1.165) is 36.2 Å².